The SMILES string of the molecule is CCC1CN(c2nc3c(s2)C(N)CC(C)(C)C3)CCO1. The zero-order valence-electron chi connectivity index (χ0n) is 12.7. The van der Waals surface area contributed by atoms with Gasteiger partial charge in [0.15, 0.2) is 5.13 Å². The van der Waals surface area contributed by atoms with Gasteiger partial charge in [-0.15, -0.1) is 0 Å². The van der Waals surface area contributed by atoms with E-state index in [1.807, 2.05) is 0 Å². The van der Waals surface area contributed by atoms with Crippen LogP contribution in [-0.2, 0) is 11.2 Å². The van der Waals surface area contributed by atoms with Gasteiger partial charge in [-0.3, -0.25) is 0 Å². The number of fused-ring (bicyclic) bond motifs is 1. The summed E-state index contributed by atoms with van der Waals surface area (Å²) in [6.45, 7) is 9.47. The molecule has 0 saturated carbocycles. The van der Waals surface area contributed by atoms with Crippen LogP contribution in [0.25, 0.3) is 0 Å². The van der Waals surface area contributed by atoms with Crippen LogP contribution in [0.5, 0.6) is 0 Å². The van der Waals surface area contributed by atoms with Crippen LogP contribution in [0.15, 0.2) is 0 Å². The minimum atomic E-state index is 0.156. The maximum absolute atomic E-state index is 6.35. The summed E-state index contributed by atoms with van der Waals surface area (Å²) in [6, 6.07) is 0.156. The molecular weight excluding hydrogens is 270 g/mol. The van der Waals surface area contributed by atoms with Gasteiger partial charge in [-0.25, -0.2) is 4.98 Å². The molecule has 2 heterocycles. The number of nitrogens with two attached hydrogens (primary N) is 1. The van der Waals surface area contributed by atoms with E-state index < -0.39 is 0 Å². The molecule has 2 aliphatic rings. The number of morpholine rings is 1. The fourth-order valence-corrected chi connectivity index (χ4v) is 4.37. The van der Waals surface area contributed by atoms with Crippen LogP contribution in [0.2, 0.25) is 0 Å². The molecular formula is C15H25N3OS. The number of hydrogen-bond acceptors (Lipinski definition) is 5. The second-order valence-corrected chi connectivity index (χ2v) is 7.82. The van der Waals surface area contributed by atoms with Gasteiger partial charge in [-0.1, -0.05) is 32.1 Å². The van der Waals surface area contributed by atoms with Gasteiger partial charge in [-0.2, -0.15) is 0 Å². The number of aromatic nitrogens is 1. The standard InChI is InChI=1S/C15H25N3OS/c1-4-10-9-18(5-6-19-10)14-17-12-8-15(2,3)7-11(16)13(12)20-14/h10-11H,4-9,16H2,1-3H3. The highest BCUT2D eigenvalue weighted by molar-refractivity contribution is 7.15. The van der Waals surface area contributed by atoms with Gasteiger partial charge in [-0.05, 0) is 24.7 Å². The van der Waals surface area contributed by atoms with E-state index in [2.05, 4.69) is 25.7 Å². The fourth-order valence-electron chi connectivity index (χ4n) is 3.26. The average Bonchev–Trinajstić information content (AvgIpc) is 2.81. The summed E-state index contributed by atoms with van der Waals surface area (Å²) in [5.74, 6) is 0. The number of anilines is 1. The van der Waals surface area contributed by atoms with Crippen molar-refractivity contribution in [3.05, 3.63) is 10.6 Å². The first-order valence-corrected chi connectivity index (χ1v) is 8.42. The topological polar surface area (TPSA) is 51.4 Å². The Labute approximate surface area is 125 Å². The number of ether oxygens (including phenoxy) is 1. The third-order valence-electron chi connectivity index (χ3n) is 4.34. The van der Waals surface area contributed by atoms with Crippen molar-refractivity contribution in [3.63, 3.8) is 0 Å². The predicted molar refractivity (Wildman–Crippen MR) is 83.4 cm³/mol. The van der Waals surface area contributed by atoms with E-state index in [1.54, 1.807) is 11.3 Å². The van der Waals surface area contributed by atoms with Crippen LogP contribution >= 0.6 is 11.3 Å². The van der Waals surface area contributed by atoms with Gasteiger partial charge in [0.1, 0.15) is 0 Å². The molecule has 2 N–H and O–H groups in total. The number of rotatable bonds is 2. The Hall–Kier alpha value is -0.650. The second kappa shape index (κ2) is 5.28. The molecule has 1 aromatic heterocycles. The summed E-state index contributed by atoms with van der Waals surface area (Å²) in [5.41, 5.74) is 7.85. The van der Waals surface area contributed by atoms with Gasteiger partial charge < -0.3 is 15.4 Å². The van der Waals surface area contributed by atoms with Crippen LogP contribution in [0.3, 0.4) is 0 Å². The highest BCUT2D eigenvalue weighted by atomic mass is 32.1. The van der Waals surface area contributed by atoms with E-state index in [1.165, 1.54) is 10.6 Å². The lowest BCUT2D eigenvalue weighted by molar-refractivity contribution is 0.0384. The molecule has 1 fully saturated rings. The molecule has 3 rings (SSSR count). The van der Waals surface area contributed by atoms with Crippen molar-refractivity contribution in [1.82, 2.24) is 4.98 Å². The van der Waals surface area contributed by atoms with Crippen molar-refractivity contribution in [2.45, 2.75) is 52.2 Å². The first-order chi connectivity index (χ1) is 9.48. The predicted octanol–water partition coefficient (Wildman–Crippen LogP) is 2.73. The Morgan fingerprint density at radius 1 is 1.50 bits per heavy atom. The van der Waals surface area contributed by atoms with Crippen LogP contribution in [-0.4, -0.2) is 30.8 Å². The zero-order chi connectivity index (χ0) is 14.3. The molecule has 1 aliphatic heterocycles. The first kappa shape index (κ1) is 14.3. The first-order valence-electron chi connectivity index (χ1n) is 7.60. The Balaban J connectivity index is 1.83. The van der Waals surface area contributed by atoms with Crippen LogP contribution in [0, 0.1) is 5.41 Å². The maximum atomic E-state index is 6.35. The number of nitrogens with zero attached hydrogens (tertiary/aromatic N) is 2. The Kier molecular flexibility index (Phi) is 3.77. The van der Waals surface area contributed by atoms with Crippen molar-refractivity contribution >= 4 is 16.5 Å². The van der Waals surface area contributed by atoms with Gasteiger partial charge >= 0.3 is 0 Å². The lowest BCUT2D eigenvalue weighted by atomic mass is 9.77. The van der Waals surface area contributed by atoms with Crippen molar-refractivity contribution < 1.29 is 4.74 Å². The molecule has 0 amide bonds. The molecule has 0 spiro atoms. The smallest absolute Gasteiger partial charge is 0.186 e. The minimum Gasteiger partial charge on any atom is -0.375 e. The largest absolute Gasteiger partial charge is 0.375 e. The molecule has 1 aliphatic carbocycles. The Morgan fingerprint density at radius 3 is 3.05 bits per heavy atom. The molecule has 112 valence electrons. The normalized spacial score (nSPS) is 29.3. The van der Waals surface area contributed by atoms with Gasteiger partial charge in [0.2, 0.25) is 0 Å². The molecule has 20 heavy (non-hydrogen) atoms. The Morgan fingerprint density at radius 2 is 2.30 bits per heavy atom. The Bertz CT molecular complexity index is 485. The zero-order valence-corrected chi connectivity index (χ0v) is 13.5. The lowest BCUT2D eigenvalue weighted by Gasteiger charge is -2.32. The van der Waals surface area contributed by atoms with Crippen molar-refractivity contribution in [3.8, 4) is 0 Å². The molecule has 0 bridgehead atoms. The highest BCUT2D eigenvalue weighted by Crippen LogP contribution is 2.43. The third kappa shape index (κ3) is 2.71. The summed E-state index contributed by atoms with van der Waals surface area (Å²) >= 11 is 1.80. The maximum Gasteiger partial charge on any atom is 0.186 e. The monoisotopic (exact) mass is 295 g/mol. The van der Waals surface area contributed by atoms with Gasteiger partial charge in [0.25, 0.3) is 0 Å². The number of hydrogen-bond donors (Lipinski definition) is 1. The quantitative estimate of drug-likeness (QED) is 0.911. The average molecular weight is 295 g/mol. The van der Waals surface area contributed by atoms with E-state index in [9.17, 15) is 0 Å². The third-order valence-corrected chi connectivity index (χ3v) is 5.63. The summed E-state index contributed by atoms with van der Waals surface area (Å²) < 4.78 is 5.75. The summed E-state index contributed by atoms with van der Waals surface area (Å²) in [7, 11) is 0. The van der Waals surface area contributed by atoms with E-state index in [0.717, 1.165) is 44.1 Å². The van der Waals surface area contributed by atoms with Crippen LogP contribution < -0.4 is 10.6 Å². The summed E-state index contributed by atoms with van der Waals surface area (Å²) in [5, 5.41) is 1.14. The number of thiazole rings is 1. The highest BCUT2D eigenvalue weighted by Gasteiger charge is 2.34. The summed E-state index contributed by atoms with van der Waals surface area (Å²) in [6.07, 6.45) is 3.51. The molecule has 1 aromatic rings. The van der Waals surface area contributed by atoms with Gasteiger partial charge in [0, 0.05) is 24.0 Å². The molecule has 0 aromatic carbocycles. The van der Waals surface area contributed by atoms with Crippen molar-refractivity contribution in [1.29, 1.82) is 0 Å². The van der Waals surface area contributed by atoms with Gasteiger partial charge in [0.05, 0.1) is 18.4 Å². The van der Waals surface area contributed by atoms with E-state index in [0.29, 0.717) is 6.10 Å². The van der Waals surface area contributed by atoms with Crippen molar-refractivity contribution in [2.75, 3.05) is 24.6 Å². The molecule has 2 atom stereocenters. The van der Waals surface area contributed by atoms with Crippen LogP contribution in [0.4, 0.5) is 5.13 Å². The molecule has 1 saturated heterocycles. The molecule has 4 nitrogen and oxygen atoms in total. The fraction of sp³-hybridized carbons (Fsp3) is 0.800. The van der Waals surface area contributed by atoms with E-state index in [4.69, 9.17) is 15.5 Å². The van der Waals surface area contributed by atoms with E-state index >= 15 is 0 Å². The summed E-state index contributed by atoms with van der Waals surface area (Å²) in [4.78, 5) is 8.58. The molecule has 0 radical (unpaired) electrons. The minimum absolute atomic E-state index is 0.156. The molecule has 2 unspecified atom stereocenters. The van der Waals surface area contributed by atoms with Crippen LogP contribution in [0.1, 0.15) is 50.2 Å². The van der Waals surface area contributed by atoms with Crippen molar-refractivity contribution in [2.24, 2.45) is 11.1 Å². The lowest BCUT2D eigenvalue weighted by Crippen LogP contribution is -2.42. The van der Waals surface area contributed by atoms with E-state index in [-0.39, 0.29) is 11.5 Å². The molecule has 5 heteroatoms. The second-order valence-electron chi connectivity index (χ2n) is 6.81.